The van der Waals surface area contributed by atoms with Gasteiger partial charge in [-0.05, 0) is 49.9 Å². The molecule has 1 saturated carbocycles. The average molecular weight is 283 g/mol. The number of nitrogens with zero attached hydrogens (tertiary/aromatic N) is 1. The predicted octanol–water partition coefficient (Wildman–Crippen LogP) is 3.50. The first kappa shape index (κ1) is 13.3. The van der Waals surface area contributed by atoms with Gasteiger partial charge < -0.3 is 5.73 Å². The Hall–Kier alpha value is -0.640. The summed E-state index contributed by atoms with van der Waals surface area (Å²) in [7, 11) is 0. The molecule has 1 heterocycles. The quantitative estimate of drug-likeness (QED) is 0.900. The minimum atomic E-state index is -0.341. The zero-order valence-electron chi connectivity index (χ0n) is 11.0. The molecule has 2 nitrogen and oxygen atoms in total. The summed E-state index contributed by atoms with van der Waals surface area (Å²) in [6.07, 6.45) is 5.87. The Morgan fingerprint density at radius 2 is 2.00 bits per heavy atom. The summed E-state index contributed by atoms with van der Waals surface area (Å²) in [5.74, 6) is -0.341. The lowest BCUT2D eigenvalue weighted by molar-refractivity contribution is 0.175. The van der Waals surface area contributed by atoms with Crippen molar-refractivity contribution in [3.05, 3.63) is 34.6 Å². The highest BCUT2D eigenvalue weighted by Crippen LogP contribution is 2.39. The molecule has 4 heteroatoms. The van der Waals surface area contributed by atoms with Crippen molar-refractivity contribution in [2.45, 2.75) is 50.2 Å². The molecule has 0 bridgehead atoms. The van der Waals surface area contributed by atoms with Crippen molar-refractivity contribution in [1.82, 2.24) is 4.90 Å². The maximum absolute atomic E-state index is 13.7. The van der Waals surface area contributed by atoms with Crippen LogP contribution >= 0.6 is 11.6 Å². The van der Waals surface area contributed by atoms with Gasteiger partial charge in [-0.3, -0.25) is 4.90 Å². The molecular formula is C15H20ClFN2. The number of benzene rings is 1. The highest BCUT2D eigenvalue weighted by Gasteiger charge is 2.38. The second-order valence-corrected chi connectivity index (χ2v) is 6.15. The normalized spacial score (nSPS) is 29.2. The molecule has 0 aromatic heterocycles. The molecule has 1 aliphatic heterocycles. The largest absolute Gasteiger partial charge is 0.326 e. The Morgan fingerprint density at radius 1 is 1.21 bits per heavy atom. The lowest BCUT2D eigenvalue weighted by Crippen LogP contribution is -2.41. The molecule has 2 atom stereocenters. The van der Waals surface area contributed by atoms with Crippen LogP contribution in [0, 0.1) is 5.82 Å². The molecule has 0 spiro atoms. The Kier molecular flexibility index (Phi) is 3.79. The second-order valence-electron chi connectivity index (χ2n) is 5.75. The van der Waals surface area contributed by atoms with Gasteiger partial charge in [0.1, 0.15) is 5.82 Å². The first-order chi connectivity index (χ1) is 9.16. The van der Waals surface area contributed by atoms with Crippen molar-refractivity contribution < 1.29 is 4.39 Å². The lowest BCUT2D eigenvalue weighted by Gasteiger charge is -2.34. The van der Waals surface area contributed by atoms with E-state index in [1.54, 1.807) is 12.1 Å². The molecule has 104 valence electrons. The van der Waals surface area contributed by atoms with E-state index in [1.165, 1.54) is 19.3 Å². The number of nitrogens with two attached hydrogens (primary N) is 1. The van der Waals surface area contributed by atoms with Crippen LogP contribution in [0.4, 0.5) is 4.39 Å². The third-order valence-corrected chi connectivity index (χ3v) is 4.57. The van der Waals surface area contributed by atoms with Crippen LogP contribution in [-0.2, 0) is 0 Å². The van der Waals surface area contributed by atoms with Crippen LogP contribution in [0.15, 0.2) is 18.2 Å². The molecule has 1 aromatic carbocycles. The summed E-state index contributed by atoms with van der Waals surface area (Å²) < 4.78 is 13.7. The lowest BCUT2D eigenvalue weighted by atomic mass is 9.96. The van der Waals surface area contributed by atoms with Crippen LogP contribution < -0.4 is 5.73 Å². The van der Waals surface area contributed by atoms with Gasteiger partial charge in [-0.25, -0.2) is 4.39 Å². The van der Waals surface area contributed by atoms with Crippen molar-refractivity contribution in [3.8, 4) is 0 Å². The zero-order valence-corrected chi connectivity index (χ0v) is 11.7. The fraction of sp³-hybridized carbons (Fsp3) is 0.600. The first-order valence-electron chi connectivity index (χ1n) is 7.13. The highest BCUT2D eigenvalue weighted by molar-refractivity contribution is 6.30. The van der Waals surface area contributed by atoms with Crippen LogP contribution in [0.1, 0.15) is 43.7 Å². The summed E-state index contributed by atoms with van der Waals surface area (Å²) >= 11 is 5.78. The predicted molar refractivity (Wildman–Crippen MR) is 75.7 cm³/mol. The number of hydrogen-bond acceptors (Lipinski definition) is 2. The molecule has 2 N–H and O–H groups in total. The van der Waals surface area contributed by atoms with Crippen molar-refractivity contribution in [1.29, 1.82) is 0 Å². The SMILES string of the molecule is NC1CCCCN(C2CC2)C1c1ccc(Cl)c(F)c1. The molecule has 0 radical (unpaired) electrons. The van der Waals surface area contributed by atoms with E-state index >= 15 is 0 Å². The monoisotopic (exact) mass is 282 g/mol. The van der Waals surface area contributed by atoms with E-state index < -0.39 is 0 Å². The van der Waals surface area contributed by atoms with E-state index in [0.717, 1.165) is 24.9 Å². The minimum Gasteiger partial charge on any atom is -0.326 e. The number of hydrogen-bond donors (Lipinski definition) is 1. The van der Waals surface area contributed by atoms with Gasteiger partial charge in [0.2, 0.25) is 0 Å². The fourth-order valence-electron chi connectivity index (χ4n) is 3.17. The molecule has 2 aliphatic rings. The third kappa shape index (κ3) is 2.78. The Balaban J connectivity index is 1.93. The van der Waals surface area contributed by atoms with E-state index in [9.17, 15) is 4.39 Å². The van der Waals surface area contributed by atoms with Crippen molar-refractivity contribution in [2.75, 3.05) is 6.54 Å². The summed E-state index contributed by atoms with van der Waals surface area (Å²) in [6.45, 7) is 1.08. The van der Waals surface area contributed by atoms with E-state index in [1.807, 2.05) is 6.07 Å². The van der Waals surface area contributed by atoms with Gasteiger partial charge in [0.15, 0.2) is 0 Å². The Bertz CT molecular complexity index is 461. The maximum Gasteiger partial charge on any atom is 0.142 e. The van der Waals surface area contributed by atoms with Gasteiger partial charge in [-0.15, -0.1) is 0 Å². The fourth-order valence-corrected chi connectivity index (χ4v) is 3.29. The van der Waals surface area contributed by atoms with E-state index in [-0.39, 0.29) is 22.9 Å². The molecule has 19 heavy (non-hydrogen) atoms. The number of likely N-dealkylation sites (tertiary alicyclic amines) is 1. The van der Waals surface area contributed by atoms with Crippen LogP contribution in [0.2, 0.25) is 5.02 Å². The summed E-state index contributed by atoms with van der Waals surface area (Å²) in [4.78, 5) is 2.49. The summed E-state index contributed by atoms with van der Waals surface area (Å²) in [5.41, 5.74) is 7.33. The first-order valence-corrected chi connectivity index (χ1v) is 7.51. The van der Waals surface area contributed by atoms with Crippen molar-refractivity contribution >= 4 is 11.6 Å². The zero-order chi connectivity index (χ0) is 13.4. The molecular weight excluding hydrogens is 263 g/mol. The van der Waals surface area contributed by atoms with Crippen LogP contribution in [0.5, 0.6) is 0 Å². The average Bonchev–Trinajstić information content (AvgIpc) is 3.20. The van der Waals surface area contributed by atoms with E-state index in [0.29, 0.717) is 6.04 Å². The molecule has 1 aromatic rings. The molecule has 2 fully saturated rings. The number of halogens is 2. The van der Waals surface area contributed by atoms with Crippen LogP contribution in [0.3, 0.4) is 0 Å². The number of rotatable bonds is 2. The standard InChI is InChI=1S/C15H20ClFN2/c16-12-7-4-10(9-13(12)17)15-14(18)3-1-2-8-19(15)11-5-6-11/h4,7,9,11,14-15H,1-3,5-6,8,18H2. The van der Waals surface area contributed by atoms with E-state index in [4.69, 9.17) is 17.3 Å². The van der Waals surface area contributed by atoms with Crippen LogP contribution in [-0.4, -0.2) is 23.5 Å². The molecule has 2 unspecified atom stereocenters. The highest BCUT2D eigenvalue weighted by atomic mass is 35.5. The summed E-state index contributed by atoms with van der Waals surface area (Å²) in [5, 5.41) is 0.184. The summed E-state index contributed by atoms with van der Waals surface area (Å²) in [6, 6.07) is 6.01. The third-order valence-electron chi connectivity index (χ3n) is 4.27. The molecule has 3 rings (SSSR count). The molecule has 0 amide bonds. The smallest absolute Gasteiger partial charge is 0.142 e. The molecule has 1 saturated heterocycles. The second kappa shape index (κ2) is 5.39. The topological polar surface area (TPSA) is 29.3 Å². The van der Waals surface area contributed by atoms with Gasteiger partial charge >= 0.3 is 0 Å². The Labute approximate surface area is 118 Å². The molecule has 1 aliphatic carbocycles. The van der Waals surface area contributed by atoms with Gasteiger partial charge in [-0.2, -0.15) is 0 Å². The van der Waals surface area contributed by atoms with Crippen molar-refractivity contribution in [3.63, 3.8) is 0 Å². The maximum atomic E-state index is 13.7. The minimum absolute atomic E-state index is 0.0867. The Morgan fingerprint density at radius 3 is 2.68 bits per heavy atom. The van der Waals surface area contributed by atoms with Gasteiger partial charge in [0.05, 0.1) is 11.1 Å². The van der Waals surface area contributed by atoms with E-state index in [2.05, 4.69) is 4.90 Å². The van der Waals surface area contributed by atoms with Gasteiger partial charge in [0.25, 0.3) is 0 Å². The van der Waals surface area contributed by atoms with Gasteiger partial charge in [0, 0.05) is 12.1 Å². The van der Waals surface area contributed by atoms with Crippen molar-refractivity contribution in [2.24, 2.45) is 5.73 Å². The van der Waals surface area contributed by atoms with Gasteiger partial charge in [-0.1, -0.05) is 24.1 Å². The van der Waals surface area contributed by atoms with Crippen LogP contribution in [0.25, 0.3) is 0 Å².